The third kappa shape index (κ3) is 7.82. The summed E-state index contributed by atoms with van der Waals surface area (Å²) in [6.07, 6.45) is 1.39. The van der Waals surface area contributed by atoms with E-state index in [1.165, 1.54) is 0 Å². The number of nitrogens with one attached hydrogen (secondary N) is 1. The van der Waals surface area contributed by atoms with Crippen molar-refractivity contribution in [1.82, 2.24) is 0 Å². The van der Waals surface area contributed by atoms with Crippen molar-refractivity contribution in [2.24, 2.45) is 0 Å². The number of carbonyl (C=O) groups excluding carboxylic acids is 1. The molecule has 0 aromatic heterocycles. The second kappa shape index (κ2) is 11.1. The third-order valence-electron chi connectivity index (χ3n) is 2.17. The number of hydrogen-bond acceptors (Lipinski definition) is 4. The molecule has 1 N–H and O–H groups in total. The predicted octanol–water partition coefficient (Wildman–Crippen LogP) is 3.34. The van der Waals surface area contributed by atoms with Gasteiger partial charge in [-0.3, -0.25) is 4.79 Å². The van der Waals surface area contributed by atoms with Crippen LogP contribution in [-0.2, 0) is 9.53 Å². The summed E-state index contributed by atoms with van der Waals surface area (Å²) in [5.41, 5.74) is 1.62. The average Bonchev–Trinajstić information content (AvgIpc) is 2.46. The molecule has 1 aromatic rings. The van der Waals surface area contributed by atoms with E-state index < -0.39 is 0 Å². The molecule has 0 heterocycles. The van der Waals surface area contributed by atoms with E-state index in [1.54, 1.807) is 13.0 Å². The molecule has 1 aromatic carbocycles. The molecule has 0 amide bonds. The van der Waals surface area contributed by atoms with Gasteiger partial charge in [-0.1, -0.05) is 26.0 Å². The number of hydrogen-bond donors (Lipinski definition) is 1. The number of anilines is 1. The first-order chi connectivity index (χ1) is 9.19. The Labute approximate surface area is 115 Å². The molecule has 0 bridgehead atoms. The molecule has 0 fully saturated rings. The Morgan fingerprint density at radius 1 is 1.32 bits per heavy atom. The van der Waals surface area contributed by atoms with E-state index in [9.17, 15) is 4.79 Å². The molecule has 0 saturated heterocycles. The van der Waals surface area contributed by atoms with Gasteiger partial charge in [0.25, 0.3) is 0 Å². The molecule has 19 heavy (non-hydrogen) atoms. The van der Waals surface area contributed by atoms with E-state index in [0.717, 1.165) is 18.7 Å². The van der Waals surface area contributed by atoms with E-state index in [2.05, 4.69) is 11.4 Å². The first kappa shape index (κ1) is 17.0. The largest absolute Gasteiger partial charge is 0.466 e. The predicted molar refractivity (Wildman–Crippen MR) is 76.9 cm³/mol. The summed E-state index contributed by atoms with van der Waals surface area (Å²) >= 11 is 0. The van der Waals surface area contributed by atoms with E-state index in [1.807, 2.05) is 32.0 Å². The van der Waals surface area contributed by atoms with Crippen molar-refractivity contribution in [3.8, 4) is 6.07 Å². The quantitative estimate of drug-likeness (QED) is 0.827. The van der Waals surface area contributed by atoms with Gasteiger partial charge in [0.05, 0.1) is 17.9 Å². The number of ether oxygens (including phenoxy) is 1. The van der Waals surface area contributed by atoms with Crippen molar-refractivity contribution in [1.29, 1.82) is 5.26 Å². The molecule has 0 aliphatic carbocycles. The zero-order valence-electron chi connectivity index (χ0n) is 11.9. The van der Waals surface area contributed by atoms with Crippen molar-refractivity contribution in [2.45, 2.75) is 33.6 Å². The van der Waals surface area contributed by atoms with E-state index >= 15 is 0 Å². The highest BCUT2D eigenvalue weighted by Crippen LogP contribution is 2.12. The molecule has 4 nitrogen and oxygen atoms in total. The van der Waals surface area contributed by atoms with Crippen LogP contribution in [0, 0.1) is 11.3 Å². The first-order valence-corrected chi connectivity index (χ1v) is 6.58. The second-order valence-electron chi connectivity index (χ2n) is 3.76. The second-order valence-corrected chi connectivity index (χ2v) is 3.76. The molecule has 0 aliphatic heterocycles. The molecule has 0 unspecified atom stereocenters. The molecule has 0 spiro atoms. The van der Waals surface area contributed by atoms with Gasteiger partial charge in [-0.15, -0.1) is 0 Å². The van der Waals surface area contributed by atoms with Gasteiger partial charge in [-0.2, -0.15) is 5.26 Å². The SMILES string of the molecule is CCCOC(=O)CC.CCNc1ccccc1C#N. The summed E-state index contributed by atoms with van der Waals surface area (Å²) in [4.78, 5) is 10.3. The smallest absolute Gasteiger partial charge is 0.305 e. The monoisotopic (exact) mass is 262 g/mol. The Bertz CT molecular complexity index is 411. The lowest BCUT2D eigenvalue weighted by Crippen LogP contribution is -2.02. The number of nitriles is 1. The molecule has 104 valence electrons. The fourth-order valence-corrected chi connectivity index (χ4v) is 1.24. The Kier molecular flexibility index (Phi) is 9.91. The van der Waals surface area contributed by atoms with Crippen LogP contribution < -0.4 is 5.32 Å². The minimum atomic E-state index is -0.105. The molecule has 1 rings (SSSR count). The van der Waals surface area contributed by atoms with Gasteiger partial charge in [0.2, 0.25) is 0 Å². The normalized spacial score (nSPS) is 8.74. The van der Waals surface area contributed by atoms with Gasteiger partial charge in [0, 0.05) is 13.0 Å². The fraction of sp³-hybridized carbons (Fsp3) is 0.467. The summed E-state index contributed by atoms with van der Waals surface area (Å²) in [5, 5.41) is 11.8. The molecule has 0 radical (unpaired) electrons. The highest BCUT2D eigenvalue weighted by Gasteiger charge is 1.96. The maximum absolute atomic E-state index is 10.3. The van der Waals surface area contributed by atoms with E-state index in [-0.39, 0.29) is 5.97 Å². The van der Waals surface area contributed by atoms with Crippen LogP contribution >= 0.6 is 0 Å². The van der Waals surface area contributed by atoms with Gasteiger partial charge in [-0.25, -0.2) is 0 Å². The van der Waals surface area contributed by atoms with Crippen LogP contribution in [0.15, 0.2) is 24.3 Å². The first-order valence-electron chi connectivity index (χ1n) is 6.58. The van der Waals surface area contributed by atoms with Crippen LogP contribution in [0.3, 0.4) is 0 Å². The van der Waals surface area contributed by atoms with Gasteiger partial charge in [0.15, 0.2) is 0 Å². The minimum absolute atomic E-state index is 0.105. The van der Waals surface area contributed by atoms with Crippen LogP contribution in [-0.4, -0.2) is 19.1 Å². The van der Waals surface area contributed by atoms with E-state index in [4.69, 9.17) is 10.00 Å². The lowest BCUT2D eigenvalue weighted by Gasteiger charge is -2.03. The van der Waals surface area contributed by atoms with Crippen LogP contribution in [0.25, 0.3) is 0 Å². The standard InChI is InChI=1S/C9H10N2.C6H12O2/c1-2-11-9-6-4-3-5-8(9)7-10;1-3-5-8-6(7)4-2/h3-6,11H,2H2,1H3;3-5H2,1-2H3. The van der Waals surface area contributed by atoms with Gasteiger partial charge >= 0.3 is 5.97 Å². The highest BCUT2D eigenvalue weighted by molar-refractivity contribution is 5.68. The average molecular weight is 262 g/mol. The molecule has 0 saturated carbocycles. The zero-order chi connectivity index (χ0) is 14.5. The van der Waals surface area contributed by atoms with E-state index in [0.29, 0.717) is 18.6 Å². The molecular weight excluding hydrogens is 240 g/mol. The maximum Gasteiger partial charge on any atom is 0.305 e. The minimum Gasteiger partial charge on any atom is -0.466 e. The van der Waals surface area contributed by atoms with Gasteiger partial charge < -0.3 is 10.1 Å². The Balaban J connectivity index is 0.000000362. The van der Waals surface area contributed by atoms with Crippen molar-refractivity contribution in [3.05, 3.63) is 29.8 Å². The number of carbonyl (C=O) groups is 1. The summed E-state index contributed by atoms with van der Waals surface area (Å²) in [6, 6.07) is 9.60. The van der Waals surface area contributed by atoms with Crippen LogP contribution in [0.5, 0.6) is 0 Å². The van der Waals surface area contributed by atoms with Crippen molar-refractivity contribution < 1.29 is 9.53 Å². The maximum atomic E-state index is 10.3. The molecule has 4 heteroatoms. The number of benzene rings is 1. The van der Waals surface area contributed by atoms with Gasteiger partial charge in [0.1, 0.15) is 6.07 Å². The van der Waals surface area contributed by atoms with Gasteiger partial charge in [-0.05, 0) is 25.5 Å². The number of para-hydroxylation sites is 1. The number of esters is 1. The molecule has 0 aliphatic rings. The Morgan fingerprint density at radius 2 is 2.00 bits per heavy atom. The molecule has 0 atom stereocenters. The zero-order valence-corrected chi connectivity index (χ0v) is 11.9. The Morgan fingerprint density at radius 3 is 2.53 bits per heavy atom. The van der Waals surface area contributed by atoms with Crippen molar-refractivity contribution in [2.75, 3.05) is 18.5 Å². The third-order valence-corrected chi connectivity index (χ3v) is 2.17. The lowest BCUT2D eigenvalue weighted by atomic mass is 10.2. The van der Waals surface area contributed by atoms with Crippen molar-refractivity contribution in [3.63, 3.8) is 0 Å². The fourth-order valence-electron chi connectivity index (χ4n) is 1.24. The summed E-state index contributed by atoms with van der Waals surface area (Å²) in [6.45, 7) is 7.18. The van der Waals surface area contributed by atoms with Crippen LogP contribution in [0.1, 0.15) is 39.2 Å². The van der Waals surface area contributed by atoms with Crippen molar-refractivity contribution >= 4 is 11.7 Å². The summed E-state index contributed by atoms with van der Waals surface area (Å²) in [7, 11) is 0. The lowest BCUT2D eigenvalue weighted by molar-refractivity contribution is -0.143. The summed E-state index contributed by atoms with van der Waals surface area (Å²) in [5.74, 6) is -0.105. The Hall–Kier alpha value is -2.02. The molecular formula is C15H22N2O2. The topological polar surface area (TPSA) is 62.1 Å². The van der Waals surface area contributed by atoms with Crippen LogP contribution in [0.4, 0.5) is 5.69 Å². The van der Waals surface area contributed by atoms with Crippen LogP contribution in [0.2, 0.25) is 0 Å². The summed E-state index contributed by atoms with van der Waals surface area (Å²) < 4.78 is 4.70. The highest BCUT2D eigenvalue weighted by atomic mass is 16.5. The number of rotatable bonds is 5. The number of nitrogens with zero attached hydrogens (tertiary/aromatic N) is 1.